The summed E-state index contributed by atoms with van der Waals surface area (Å²) in [7, 11) is 0. The van der Waals surface area contributed by atoms with Gasteiger partial charge in [0.1, 0.15) is 5.82 Å². The second kappa shape index (κ2) is 5.61. The van der Waals surface area contributed by atoms with E-state index in [1.54, 1.807) is 12.1 Å². The highest BCUT2D eigenvalue weighted by Crippen LogP contribution is 2.19. The normalized spacial score (nSPS) is 9.50. The molecular weight excluding hydrogens is 247 g/mol. The topological polar surface area (TPSA) is 35.8 Å². The lowest BCUT2D eigenvalue weighted by atomic mass is 10.3. The van der Waals surface area contributed by atoms with Gasteiger partial charge in [0, 0.05) is 18.7 Å². The molecule has 2 nitrogen and oxygen atoms in total. The van der Waals surface area contributed by atoms with Gasteiger partial charge in [-0.15, -0.1) is 0 Å². The third kappa shape index (κ3) is 3.35. The maximum Gasteiger partial charge on any atom is 0.139 e. The van der Waals surface area contributed by atoms with Crippen LogP contribution in [0.3, 0.4) is 0 Å². The van der Waals surface area contributed by atoms with E-state index >= 15 is 0 Å². The van der Waals surface area contributed by atoms with Crippen molar-refractivity contribution in [1.82, 2.24) is 0 Å². The fourth-order valence-electron chi connectivity index (χ4n) is 1.01. The number of benzene rings is 1. The summed E-state index contributed by atoms with van der Waals surface area (Å²) in [4.78, 5) is 0. The van der Waals surface area contributed by atoms with Crippen molar-refractivity contribution in [2.45, 2.75) is 12.8 Å². The number of nitrogens with zero attached hydrogens (tertiary/aromatic N) is 1. The predicted molar refractivity (Wildman–Crippen MR) is 57.4 cm³/mol. The molecule has 0 atom stereocenters. The Kier molecular flexibility index (Phi) is 4.41. The van der Waals surface area contributed by atoms with Gasteiger partial charge in [-0.05, 0) is 40.5 Å². The molecule has 0 bridgehead atoms. The number of hydrogen-bond acceptors (Lipinski definition) is 2. The lowest BCUT2D eigenvalue weighted by molar-refractivity contribution is 0.621. The third-order valence-corrected chi connectivity index (χ3v) is 2.36. The van der Waals surface area contributed by atoms with E-state index < -0.39 is 0 Å². The first-order valence-corrected chi connectivity index (χ1v) is 5.09. The molecule has 0 aliphatic heterocycles. The molecule has 0 radical (unpaired) electrons. The van der Waals surface area contributed by atoms with Crippen LogP contribution in [-0.4, -0.2) is 6.54 Å². The standard InChI is InChI=1S/C10H10BrFN2/c11-9-4-3-8(7-10(9)12)14-6-2-1-5-13/h3-4,7,14H,1-2,6H2. The molecule has 0 aromatic heterocycles. The number of unbranched alkanes of at least 4 members (excludes halogenated alkanes) is 1. The number of rotatable bonds is 4. The molecule has 0 amide bonds. The van der Waals surface area contributed by atoms with Crippen LogP contribution in [0.5, 0.6) is 0 Å². The molecular formula is C10H10BrFN2. The highest BCUT2D eigenvalue weighted by atomic mass is 79.9. The van der Waals surface area contributed by atoms with E-state index in [0.717, 1.165) is 12.1 Å². The minimum atomic E-state index is -0.282. The Morgan fingerprint density at radius 1 is 1.50 bits per heavy atom. The van der Waals surface area contributed by atoms with Gasteiger partial charge in [-0.25, -0.2) is 4.39 Å². The second-order valence-electron chi connectivity index (χ2n) is 2.82. The van der Waals surface area contributed by atoms with Gasteiger partial charge in [0.15, 0.2) is 0 Å². The van der Waals surface area contributed by atoms with Crippen LogP contribution in [-0.2, 0) is 0 Å². The summed E-state index contributed by atoms with van der Waals surface area (Å²) >= 11 is 3.08. The van der Waals surface area contributed by atoms with Crippen molar-refractivity contribution in [2.75, 3.05) is 11.9 Å². The van der Waals surface area contributed by atoms with Crippen LogP contribution >= 0.6 is 15.9 Å². The molecule has 0 saturated heterocycles. The fraction of sp³-hybridized carbons (Fsp3) is 0.300. The monoisotopic (exact) mass is 256 g/mol. The van der Waals surface area contributed by atoms with Crippen LogP contribution in [0.4, 0.5) is 10.1 Å². The molecule has 0 aliphatic rings. The summed E-state index contributed by atoms with van der Waals surface area (Å²) in [5, 5.41) is 11.3. The summed E-state index contributed by atoms with van der Waals surface area (Å²) in [6.07, 6.45) is 1.29. The van der Waals surface area contributed by atoms with Crippen molar-refractivity contribution in [3.05, 3.63) is 28.5 Å². The molecule has 14 heavy (non-hydrogen) atoms. The van der Waals surface area contributed by atoms with E-state index in [4.69, 9.17) is 5.26 Å². The highest BCUT2D eigenvalue weighted by Gasteiger charge is 1.99. The maximum absolute atomic E-state index is 13.0. The SMILES string of the molecule is N#CCCCNc1ccc(Br)c(F)c1. The van der Waals surface area contributed by atoms with E-state index in [9.17, 15) is 4.39 Å². The van der Waals surface area contributed by atoms with Crippen LogP contribution in [0.1, 0.15) is 12.8 Å². The smallest absolute Gasteiger partial charge is 0.139 e. The zero-order chi connectivity index (χ0) is 10.4. The molecule has 0 spiro atoms. The molecule has 1 rings (SSSR count). The summed E-state index contributed by atoms with van der Waals surface area (Å²) in [6, 6.07) is 6.93. The van der Waals surface area contributed by atoms with E-state index in [-0.39, 0.29) is 5.82 Å². The first-order chi connectivity index (χ1) is 6.74. The Morgan fingerprint density at radius 3 is 2.93 bits per heavy atom. The van der Waals surface area contributed by atoms with Crippen molar-refractivity contribution < 1.29 is 4.39 Å². The Bertz CT molecular complexity index is 346. The van der Waals surface area contributed by atoms with Crippen LogP contribution in [0.25, 0.3) is 0 Å². The van der Waals surface area contributed by atoms with Gasteiger partial charge in [0.05, 0.1) is 10.5 Å². The zero-order valence-corrected chi connectivity index (χ0v) is 9.14. The number of anilines is 1. The molecule has 1 aromatic rings. The average Bonchev–Trinajstić information content (AvgIpc) is 2.18. The second-order valence-corrected chi connectivity index (χ2v) is 3.67. The molecule has 4 heteroatoms. The molecule has 1 N–H and O–H groups in total. The Hall–Kier alpha value is -1.08. The van der Waals surface area contributed by atoms with Crippen LogP contribution in [0, 0.1) is 17.1 Å². The van der Waals surface area contributed by atoms with Gasteiger partial charge >= 0.3 is 0 Å². The molecule has 74 valence electrons. The third-order valence-electron chi connectivity index (χ3n) is 1.71. The predicted octanol–water partition coefficient (Wildman–Crippen LogP) is 3.30. The largest absolute Gasteiger partial charge is 0.385 e. The molecule has 0 fully saturated rings. The van der Waals surface area contributed by atoms with E-state index in [1.165, 1.54) is 6.07 Å². The average molecular weight is 257 g/mol. The first-order valence-electron chi connectivity index (χ1n) is 4.30. The fourth-order valence-corrected chi connectivity index (χ4v) is 1.25. The summed E-state index contributed by atoms with van der Waals surface area (Å²) in [5.74, 6) is -0.282. The van der Waals surface area contributed by atoms with E-state index in [0.29, 0.717) is 17.4 Å². The highest BCUT2D eigenvalue weighted by molar-refractivity contribution is 9.10. The Labute approximate surface area is 90.9 Å². The van der Waals surface area contributed by atoms with Crippen LogP contribution in [0.2, 0.25) is 0 Å². The Balaban J connectivity index is 2.44. The van der Waals surface area contributed by atoms with Crippen molar-refractivity contribution in [3.63, 3.8) is 0 Å². The summed E-state index contributed by atoms with van der Waals surface area (Å²) < 4.78 is 13.5. The van der Waals surface area contributed by atoms with Crippen molar-refractivity contribution in [3.8, 4) is 6.07 Å². The van der Waals surface area contributed by atoms with Gasteiger partial charge in [0.2, 0.25) is 0 Å². The molecule has 1 aromatic carbocycles. The molecule has 0 aliphatic carbocycles. The molecule has 0 unspecified atom stereocenters. The first kappa shape index (κ1) is 11.0. The lowest BCUT2D eigenvalue weighted by Gasteiger charge is -2.05. The number of hydrogen-bond donors (Lipinski definition) is 1. The van der Waals surface area contributed by atoms with Gasteiger partial charge in [-0.1, -0.05) is 0 Å². The number of nitriles is 1. The minimum Gasteiger partial charge on any atom is -0.385 e. The Morgan fingerprint density at radius 2 is 2.29 bits per heavy atom. The van der Waals surface area contributed by atoms with Gasteiger partial charge < -0.3 is 5.32 Å². The summed E-state index contributed by atoms with van der Waals surface area (Å²) in [5.41, 5.74) is 0.739. The van der Waals surface area contributed by atoms with Crippen molar-refractivity contribution >= 4 is 21.6 Å². The van der Waals surface area contributed by atoms with E-state index in [2.05, 4.69) is 27.3 Å². The quantitative estimate of drug-likeness (QED) is 0.840. The van der Waals surface area contributed by atoms with E-state index in [1.807, 2.05) is 0 Å². The zero-order valence-electron chi connectivity index (χ0n) is 7.56. The van der Waals surface area contributed by atoms with Gasteiger partial charge in [-0.2, -0.15) is 5.26 Å². The summed E-state index contributed by atoms with van der Waals surface area (Å²) in [6.45, 7) is 0.689. The maximum atomic E-state index is 13.0. The lowest BCUT2D eigenvalue weighted by Crippen LogP contribution is -2.01. The van der Waals surface area contributed by atoms with Crippen molar-refractivity contribution in [2.24, 2.45) is 0 Å². The van der Waals surface area contributed by atoms with Gasteiger partial charge in [0.25, 0.3) is 0 Å². The molecule has 0 saturated carbocycles. The van der Waals surface area contributed by atoms with Crippen LogP contribution < -0.4 is 5.32 Å². The van der Waals surface area contributed by atoms with Gasteiger partial charge in [-0.3, -0.25) is 0 Å². The minimum absolute atomic E-state index is 0.282. The number of halogens is 2. The number of nitrogens with one attached hydrogen (secondary N) is 1. The molecule has 0 heterocycles. The van der Waals surface area contributed by atoms with Crippen LogP contribution in [0.15, 0.2) is 22.7 Å². The van der Waals surface area contributed by atoms with Crippen molar-refractivity contribution in [1.29, 1.82) is 5.26 Å².